The Kier molecular flexibility index (Phi) is 7.11. The first-order valence-electron chi connectivity index (χ1n) is 12.1. The second-order valence-corrected chi connectivity index (χ2v) is 8.87. The van der Waals surface area contributed by atoms with Gasteiger partial charge in [-0.25, -0.2) is 4.99 Å². The van der Waals surface area contributed by atoms with Gasteiger partial charge < -0.3 is 19.6 Å². The SMILES string of the molecule is Cc1cccc2[nH]c(O)c(C=Nc3cc(Cc4ccc(OCCCN5CCOCC5)cc4)[nH]n3)c12. The molecular weight excluding hydrogens is 442 g/mol. The summed E-state index contributed by atoms with van der Waals surface area (Å²) in [6.07, 6.45) is 3.39. The van der Waals surface area contributed by atoms with Gasteiger partial charge >= 0.3 is 0 Å². The molecule has 0 spiro atoms. The monoisotopic (exact) mass is 473 g/mol. The Hall–Kier alpha value is -3.62. The summed E-state index contributed by atoms with van der Waals surface area (Å²) < 4.78 is 11.3. The highest BCUT2D eigenvalue weighted by Crippen LogP contribution is 2.28. The minimum Gasteiger partial charge on any atom is -0.494 e. The lowest BCUT2D eigenvalue weighted by molar-refractivity contribution is 0.0358. The zero-order valence-electron chi connectivity index (χ0n) is 20.0. The molecule has 2 aromatic carbocycles. The molecule has 0 radical (unpaired) electrons. The van der Waals surface area contributed by atoms with Crippen LogP contribution in [0.25, 0.3) is 10.9 Å². The number of aliphatic imine (C=N–C) groups is 1. The van der Waals surface area contributed by atoms with E-state index in [4.69, 9.17) is 9.47 Å². The molecule has 0 unspecified atom stereocenters. The zero-order chi connectivity index (χ0) is 24.0. The summed E-state index contributed by atoms with van der Waals surface area (Å²) in [6.45, 7) is 7.47. The second kappa shape index (κ2) is 10.8. The molecular formula is C27H31N5O3. The van der Waals surface area contributed by atoms with Crippen LogP contribution in [0.2, 0.25) is 0 Å². The van der Waals surface area contributed by atoms with Crippen LogP contribution in [0.15, 0.2) is 53.5 Å². The summed E-state index contributed by atoms with van der Waals surface area (Å²) in [4.78, 5) is 9.89. The van der Waals surface area contributed by atoms with E-state index in [1.165, 1.54) is 0 Å². The number of benzene rings is 2. The van der Waals surface area contributed by atoms with Crippen LogP contribution in [0.5, 0.6) is 11.6 Å². The van der Waals surface area contributed by atoms with Crippen molar-refractivity contribution in [3.63, 3.8) is 0 Å². The maximum atomic E-state index is 10.3. The number of aryl methyl sites for hydroxylation is 1. The number of nitrogens with one attached hydrogen (secondary N) is 2. The van der Waals surface area contributed by atoms with E-state index < -0.39 is 0 Å². The minimum atomic E-state index is 0.109. The predicted molar refractivity (Wildman–Crippen MR) is 137 cm³/mol. The molecule has 2 aromatic heterocycles. The first-order chi connectivity index (χ1) is 17.2. The number of nitrogens with zero attached hydrogens (tertiary/aromatic N) is 3. The Morgan fingerprint density at radius 1 is 1.17 bits per heavy atom. The zero-order valence-corrected chi connectivity index (χ0v) is 20.0. The van der Waals surface area contributed by atoms with Crippen molar-refractivity contribution in [2.24, 2.45) is 4.99 Å². The number of hydrogen-bond donors (Lipinski definition) is 3. The highest BCUT2D eigenvalue weighted by Gasteiger charge is 2.11. The van der Waals surface area contributed by atoms with Crippen molar-refractivity contribution in [2.75, 3.05) is 39.5 Å². The van der Waals surface area contributed by atoms with Gasteiger partial charge in [0.1, 0.15) is 5.75 Å². The molecule has 5 rings (SSSR count). The fourth-order valence-corrected chi connectivity index (χ4v) is 4.43. The Bertz CT molecular complexity index is 1290. The Morgan fingerprint density at radius 3 is 2.83 bits per heavy atom. The van der Waals surface area contributed by atoms with Gasteiger partial charge in [-0.15, -0.1) is 0 Å². The van der Waals surface area contributed by atoms with Gasteiger partial charge in [-0.1, -0.05) is 24.3 Å². The summed E-state index contributed by atoms with van der Waals surface area (Å²) in [5.41, 5.74) is 4.76. The first-order valence-corrected chi connectivity index (χ1v) is 12.1. The summed E-state index contributed by atoms with van der Waals surface area (Å²) >= 11 is 0. The third kappa shape index (κ3) is 5.72. The van der Waals surface area contributed by atoms with Gasteiger partial charge in [0.25, 0.3) is 0 Å². The normalized spacial score (nSPS) is 14.8. The number of fused-ring (bicyclic) bond motifs is 1. The Labute approximate surface area is 204 Å². The molecule has 0 amide bonds. The molecule has 8 nitrogen and oxygen atoms in total. The number of aromatic hydroxyl groups is 1. The summed E-state index contributed by atoms with van der Waals surface area (Å²) in [5.74, 6) is 1.57. The molecule has 8 heteroatoms. The fourth-order valence-electron chi connectivity index (χ4n) is 4.43. The van der Waals surface area contributed by atoms with Crippen molar-refractivity contribution in [3.05, 3.63) is 70.9 Å². The van der Waals surface area contributed by atoms with Crippen LogP contribution in [0.3, 0.4) is 0 Å². The van der Waals surface area contributed by atoms with Gasteiger partial charge in [0.2, 0.25) is 0 Å². The average molecular weight is 474 g/mol. The molecule has 0 saturated carbocycles. The van der Waals surface area contributed by atoms with Crippen molar-refractivity contribution in [3.8, 4) is 11.6 Å². The van der Waals surface area contributed by atoms with E-state index >= 15 is 0 Å². The molecule has 1 aliphatic rings. The average Bonchev–Trinajstić information content (AvgIpc) is 3.46. The third-order valence-corrected chi connectivity index (χ3v) is 6.30. The molecule has 0 aliphatic carbocycles. The summed E-state index contributed by atoms with van der Waals surface area (Å²) in [5, 5.41) is 18.6. The van der Waals surface area contributed by atoms with Crippen LogP contribution in [-0.4, -0.2) is 70.9 Å². The van der Waals surface area contributed by atoms with E-state index in [0.717, 1.165) is 79.2 Å². The molecule has 4 aromatic rings. The fraction of sp³-hybridized carbons (Fsp3) is 0.333. The van der Waals surface area contributed by atoms with E-state index in [2.05, 4.69) is 37.2 Å². The van der Waals surface area contributed by atoms with Gasteiger partial charge in [0.15, 0.2) is 11.7 Å². The number of morpholine rings is 1. The van der Waals surface area contributed by atoms with Crippen molar-refractivity contribution in [1.29, 1.82) is 0 Å². The lowest BCUT2D eigenvalue weighted by Crippen LogP contribution is -2.37. The van der Waals surface area contributed by atoms with Gasteiger partial charge in [-0.2, -0.15) is 5.10 Å². The number of aromatic nitrogens is 3. The van der Waals surface area contributed by atoms with Gasteiger partial charge in [-0.3, -0.25) is 10.00 Å². The van der Waals surface area contributed by atoms with E-state index in [1.54, 1.807) is 6.21 Å². The van der Waals surface area contributed by atoms with Crippen LogP contribution >= 0.6 is 0 Å². The van der Waals surface area contributed by atoms with E-state index in [9.17, 15) is 5.11 Å². The Morgan fingerprint density at radius 2 is 2.00 bits per heavy atom. The van der Waals surface area contributed by atoms with Crippen LogP contribution < -0.4 is 4.74 Å². The molecule has 1 aliphatic heterocycles. The van der Waals surface area contributed by atoms with Crippen molar-refractivity contribution < 1.29 is 14.6 Å². The lowest BCUT2D eigenvalue weighted by atomic mass is 10.1. The van der Waals surface area contributed by atoms with Crippen LogP contribution in [0.1, 0.15) is 28.8 Å². The summed E-state index contributed by atoms with van der Waals surface area (Å²) in [7, 11) is 0. The quantitative estimate of drug-likeness (QED) is 0.248. The van der Waals surface area contributed by atoms with Crippen molar-refractivity contribution in [1.82, 2.24) is 20.1 Å². The number of rotatable bonds is 9. The standard InChI is InChI=1S/C27H31N5O3/c1-19-4-2-5-24-26(19)23(27(33)29-24)18-28-25-17-21(30-31-25)16-20-6-8-22(9-7-20)35-13-3-10-32-11-14-34-15-12-32/h2,4-9,17-18,29,33H,3,10-16H2,1H3,(H,30,31). The van der Waals surface area contributed by atoms with Gasteiger partial charge in [-0.05, 0) is 42.7 Å². The highest BCUT2D eigenvalue weighted by molar-refractivity contribution is 6.04. The van der Waals surface area contributed by atoms with Crippen molar-refractivity contribution >= 4 is 22.9 Å². The Balaban J connectivity index is 1.14. The highest BCUT2D eigenvalue weighted by atomic mass is 16.5. The largest absolute Gasteiger partial charge is 0.494 e. The molecule has 35 heavy (non-hydrogen) atoms. The molecule has 3 heterocycles. The molecule has 1 saturated heterocycles. The number of hydrogen-bond acceptors (Lipinski definition) is 6. The smallest absolute Gasteiger partial charge is 0.198 e. The van der Waals surface area contributed by atoms with Gasteiger partial charge in [0.05, 0.1) is 25.4 Å². The molecule has 1 fully saturated rings. The molecule has 3 N–H and O–H groups in total. The third-order valence-electron chi connectivity index (χ3n) is 6.30. The maximum Gasteiger partial charge on any atom is 0.198 e. The van der Waals surface area contributed by atoms with Gasteiger partial charge in [0, 0.05) is 54.9 Å². The maximum absolute atomic E-state index is 10.3. The van der Waals surface area contributed by atoms with Crippen molar-refractivity contribution in [2.45, 2.75) is 19.8 Å². The number of ether oxygens (including phenoxy) is 2. The minimum absolute atomic E-state index is 0.109. The van der Waals surface area contributed by atoms with E-state index in [0.29, 0.717) is 18.0 Å². The second-order valence-electron chi connectivity index (χ2n) is 8.87. The lowest BCUT2D eigenvalue weighted by Gasteiger charge is -2.26. The predicted octanol–water partition coefficient (Wildman–Crippen LogP) is 4.35. The first kappa shape index (κ1) is 23.1. The van der Waals surface area contributed by atoms with E-state index in [1.807, 2.05) is 43.3 Å². The van der Waals surface area contributed by atoms with E-state index in [-0.39, 0.29) is 5.88 Å². The number of aromatic amines is 2. The molecule has 0 bridgehead atoms. The summed E-state index contributed by atoms with van der Waals surface area (Å²) in [6, 6.07) is 16.0. The van der Waals surface area contributed by atoms with Crippen LogP contribution in [-0.2, 0) is 11.2 Å². The van der Waals surface area contributed by atoms with Crippen LogP contribution in [0.4, 0.5) is 5.82 Å². The van der Waals surface area contributed by atoms with Crippen LogP contribution in [0, 0.1) is 6.92 Å². The molecule has 0 atom stereocenters. The topological polar surface area (TPSA) is 98.8 Å². The number of H-pyrrole nitrogens is 2. The molecule has 182 valence electrons.